The second-order valence-corrected chi connectivity index (χ2v) is 7.05. The molecule has 0 aromatic heterocycles. The lowest BCUT2D eigenvalue weighted by Crippen LogP contribution is -2.27. The van der Waals surface area contributed by atoms with Crippen LogP contribution in [0.4, 0.5) is 0 Å². The normalized spacial score (nSPS) is 21.3. The van der Waals surface area contributed by atoms with E-state index in [4.69, 9.17) is 0 Å². The zero-order valence-electron chi connectivity index (χ0n) is 9.95. The smallest absolute Gasteiger partial charge is 0.150 e. The molecule has 0 saturated carbocycles. The second kappa shape index (κ2) is 5.10. The van der Waals surface area contributed by atoms with E-state index in [-0.39, 0.29) is 29.1 Å². The number of rotatable bonds is 3. The number of benzene rings is 1. The fourth-order valence-electron chi connectivity index (χ4n) is 2.43. The summed E-state index contributed by atoms with van der Waals surface area (Å²) in [6.07, 6.45) is 1.95. The number of carbonyl (C=O) groups excluding carboxylic acids is 1. The third-order valence-electron chi connectivity index (χ3n) is 3.53. The van der Waals surface area contributed by atoms with Crippen molar-refractivity contribution in [3.63, 3.8) is 0 Å². The highest BCUT2D eigenvalue weighted by atomic mass is 32.2. The number of aromatic hydroxyl groups is 1. The fourth-order valence-corrected chi connectivity index (χ4v) is 3.95. The topological polar surface area (TPSA) is 71.4 Å². The molecule has 0 amide bonds. The lowest BCUT2D eigenvalue weighted by molar-refractivity contribution is -0.110. The van der Waals surface area contributed by atoms with Crippen molar-refractivity contribution < 1.29 is 18.3 Å². The van der Waals surface area contributed by atoms with Crippen LogP contribution in [0.5, 0.6) is 5.75 Å². The van der Waals surface area contributed by atoms with Gasteiger partial charge in [-0.2, -0.15) is 0 Å². The first kappa shape index (κ1) is 13.1. The van der Waals surface area contributed by atoms with Gasteiger partial charge in [0.25, 0.3) is 0 Å². The van der Waals surface area contributed by atoms with Gasteiger partial charge in [0.15, 0.2) is 0 Å². The molecule has 0 spiro atoms. The molecule has 5 heteroatoms. The minimum absolute atomic E-state index is 0.0792. The first-order chi connectivity index (χ1) is 8.52. The molecule has 0 aliphatic carbocycles. The zero-order chi connectivity index (χ0) is 13.2. The Morgan fingerprint density at radius 3 is 2.22 bits per heavy atom. The first-order valence-corrected chi connectivity index (χ1v) is 7.78. The van der Waals surface area contributed by atoms with E-state index < -0.39 is 9.84 Å². The first-order valence-electron chi connectivity index (χ1n) is 5.96. The van der Waals surface area contributed by atoms with Gasteiger partial charge in [-0.1, -0.05) is 12.1 Å². The van der Waals surface area contributed by atoms with Crippen LogP contribution in [0.2, 0.25) is 0 Å². The SMILES string of the molecule is O=CC(c1ccc(O)cc1)C1CCS(=O)(=O)CC1. The summed E-state index contributed by atoms with van der Waals surface area (Å²) in [7, 11) is -2.90. The number of phenols is 1. The Labute approximate surface area is 107 Å². The van der Waals surface area contributed by atoms with Crippen molar-refractivity contribution in [3.8, 4) is 5.75 Å². The molecule has 1 aromatic rings. The average Bonchev–Trinajstić information content (AvgIpc) is 2.34. The number of aldehydes is 1. The summed E-state index contributed by atoms with van der Waals surface area (Å²) < 4.78 is 22.7. The summed E-state index contributed by atoms with van der Waals surface area (Å²) in [6.45, 7) is 0. The lowest BCUT2D eigenvalue weighted by atomic mass is 9.83. The van der Waals surface area contributed by atoms with E-state index in [0.717, 1.165) is 11.8 Å². The van der Waals surface area contributed by atoms with Crippen LogP contribution in [-0.4, -0.2) is 31.3 Å². The molecule has 1 fully saturated rings. The van der Waals surface area contributed by atoms with E-state index in [9.17, 15) is 18.3 Å². The third kappa shape index (κ3) is 2.90. The average molecular weight is 268 g/mol. The van der Waals surface area contributed by atoms with Crippen molar-refractivity contribution in [1.82, 2.24) is 0 Å². The van der Waals surface area contributed by atoms with Gasteiger partial charge in [-0.3, -0.25) is 0 Å². The van der Waals surface area contributed by atoms with Crippen LogP contribution >= 0.6 is 0 Å². The molecule has 2 rings (SSSR count). The summed E-state index contributed by atoms with van der Waals surface area (Å²) in [6, 6.07) is 6.53. The Hall–Kier alpha value is -1.36. The van der Waals surface area contributed by atoms with E-state index in [2.05, 4.69) is 0 Å². The van der Waals surface area contributed by atoms with Crippen LogP contribution in [-0.2, 0) is 14.6 Å². The van der Waals surface area contributed by atoms with Crippen LogP contribution in [0.15, 0.2) is 24.3 Å². The zero-order valence-corrected chi connectivity index (χ0v) is 10.8. The van der Waals surface area contributed by atoms with Crippen molar-refractivity contribution >= 4 is 16.1 Å². The standard InChI is InChI=1S/C13H16O4S/c14-9-13(10-1-3-12(15)4-2-10)11-5-7-18(16,17)8-6-11/h1-4,9,11,13,15H,5-8H2. The van der Waals surface area contributed by atoms with Crippen molar-refractivity contribution in [2.75, 3.05) is 11.5 Å². The summed E-state index contributed by atoms with van der Waals surface area (Å²) in [5.74, 6) is 0.298. The molecular weight excluding hydrogens is 252 g/mol. The number of sulfone groups is 1. The molecule has 1 aliphatic rings. The Kier molecular flexibility index (Phi) is 3.71. The number of hydrogen-bond acceptors (Lipinski definition) is 4. The summed E-state index contributed by atoms with van der Waals surface area (Å²) in [5.41, 5.74) is 0.840. The molecule has 4 nitrogen and oxygen atoms in total. The van der Waals surface area contributed by atoms with E-state index in [1.165, 1.54) is 0 Å². The molecule has 18 heavy (non-hydrogen) atoms. The highest BCUT2D eigenvalue weighted by molar-refractivity contribution is 7.91. The van der Waals surface area contributed by atoms with Crippen LogP contribution in [0, 0.1) is 5.92 Å². The Morgan fingerprint density at radius 2 is 1.72 bits per heavy atom. The van der Waals surface area contributed by atoms with Gasteiger partial charge in [-0.15, -0.1) is 0 Å². The third-order valence-corrected chi connectivity index (χ3v) is 5.25. The van der Waals surface area contributed by atoms with E-state index in [1.54, 1.807) is 24.3 Å². The van der Waals surface area contributed by atoms with Crippen molar-refractivity contribution in [2.24, 2.45) is 5.92 Å². The van der Waals surface area contributed by atoms with E-state index in [1.807, 2.05) is 0 Å². The fraction of sp³-hybridized carbons (Fsp3) is 0.462. The Balaban J connectivity index is 2.15. The molecular formula is C13H16O4S. The van der Waals surface area contributed by atoms with Crippen LogP contribution in [0.3, 0.4) is 0 Å². The molecule has 1 N–H and O–H groups in total. The number of carbonyl (C=O) groups is 1. The van der Waals surface area contributed by atoms with Gasteiger partial charge in [-0.25, -0.2) is 8.42 Å². The number of hydrogen-bond donors (Lipinski definition) is 1. The molecule has 0 radical (unpaired) electrons. The largest absolute Gasteiger partial charge is 0.508 e. The van der Waals surface area contributed by atoms with Gasteiger partial charge < -0.3 is 9.90 Å². The maximum Gasteiger partial charge on any atom is 0.150 e. The van der Waals surface area contributed by atoms with Gasteiger partial charge in [0.05, 0.1) is 11.5 Å². The summed E-state index contributed by atoms with van der Waals surface area (Å²) in [5, 5.41) is 9.22. The maximum absolute atomic E-state index is 11.4. The van der Waals surface area contributed by atoms with Gasteiger partial charge in [0.2, 0.25) is 0 Å². The Morgan fingerprint density at radius 1 is 1.17 bits per heavy atom. The number of phenolic OH excluding ortho intramolecular Hbond substituents is 1. The van der Waals surface area contributed by atoms with Crippen molar-refractivity contribution in [3.05, 3.63) is 29.8 Å². The summed E-state index contributed by atoms with van der Waals surface area (Å²) in [4.78, 5) is 11.2. The van der Waals surface area contributed by atoms with Crippen LogP contribution in [0.25, 0.3) is 0 Å². The highest BCUT2D eigenvalue weighted by Crippen LogP contribution is 2.32. The molecule has 1 unspecified atom stereocenters. The van der Waals surface area contributed by atoms with Gasteiger partial charge in [0.1, 0.15) is 21.9 Å². The lowest BCUT2D eigenvalue weighted by Gasteiger charge is -2.26. The monoisotopic (exact) mass is 268 g/mol. The molecule has 98 valence electrons. The molecule has 1 aliphatic heterocycles. The molecule has 1 aromatic carbocycles. The van der Waals surface area contributed by atoms with Gasteiger partial charge in [0, 0.05) is 5.92 Å². The molecule has 1 heterocycles. The predicted molar refractivity (Wildman–Crippen MR) is 68.3 cm³/mol. The van der Waals surface area contributed by atoms with Crippen molar-refractivity contribution in [1.29, 1.82) is 0 Å². The minimum Gasteiger partial charge on any atom is -0.508 e. The van der Waals surface area contributed by atoms with Gasteiger partial charge >= 0.3 is 0 Å². The quantitative estimate of drug-likeness (QED) is 0.843. The summed E-state index contributed by atoms with van der Waals surface area (Å²) >= 11 is 0. The maximum atomic E-state index is 11.4. The van der Waals surface area contributed by atoms with Crippen LogP contribution in [0.1, 0.15) is 24.3 Å². The van der Waals surface area contributed by atoms with Gasteiger partial charge in [-0.05, 0) is 36.5 Å². The highest BCUT2D eigenvalue weighted by Gasteiger charge is 2.30. The van der Waals surface area contributed by atoms with E-state index in [0.29, 0.717) is 12.8 Å². The van der Waals surface area contributed by atoms with E-state index >= 15 is 0 Å². The molecule has 1 atom stereocenters. The Bertz CT molecular complexity index is 504. The van der Waals surface area contributed by atoms with Crippen LogP contribution < -0.4 is 0 Å². The molecule has 0 bridgehead atoms. The minimum atomic E-state index is -2.90. The molecule has 1 saturated heterocycles. The second-order valence-electron chi connectivity index (χ2n) is 4.74. The van der Waals surface area contributed by atoms with Crippen molar-refractivity contribution in [2.45, 2.75) is 18.8 Å². The predicted octanol–water partition coefficient (Wildman–Crippen LogP) is 1.50.